The molecule has 9 heteroatoms. The fraction of sp³-hybridized carbons (Fsp3) is 0.261. The third-order valence-electron chi connectivity index (χ3n) is 4.75. The third-order valence-corrected chi connectivity index (χ3v) is 5.99. The molecule has 1 aliphatic rings. The van der Waals surface area contributed by atoms with E-state index in [4.69, 9.17) is 14.3 Å². The average Bonchev–Trinajstić information content (AvgIpc) is 2.81. The fourth-order valence-corrected chi connectivity index (χ4v) is 4.50. The van der Waals surface area contributed by atoms with Gasteiger partial charge in [-0.2, -0.15) is 0 Å². The molecule has 8 nitrogen and oxygen atoms in total. The lowest BCUT2D eigenvalue weighted by Crippen LogP contribution is -2.47. The van der Waals surface area contributed by atoms with Crippen molar-refractivity contribution in [2.45, 2.75) is 16.6 Å². The van der Waals surface area contributed by atoms with Crippen LogP contribution < -0.4 is 15.1 Å². The van der Waals surface area contributed by atoms with Crippen molar-refractivity contribution in [3.05, 3.63) is 66.2 Å². The van der Waals surface area contributed by atoms with Gasteiger partial charge in [0.2, 0.25) is 5.91 Å². The van der Waals surface area contributed by atoms with E-state index in [0.717, 1.165) is 11.3 Å². The molecule has 0 fully saturated rings. The molecule has 0 saturated heterocycles. The Morgan fingerprint density at radius 3 is 2.59 bits per heavy atom. The van der Waals surface area contributed by atoms with E-state index in [1.807, 2.05) is 24.3 Å². The zero-order valence-electron chi connectivity index (χ0n) is 17.8. The average molecular weight is 457 g/mol. The fourth-order valence-electron chi connectivity index (χ4n) is 3.20. The Morgan fingerprint density at radius 1 is 1.19 bits per heavy atom. The summed E-state index contributed by atoms with van der Waals surface area (Å²) in [4.78, 5) is 44.7. The van der Waals surface area contributed by atoms with Crippen molar-refractivity contribution in [3.63, 3.8) is 0 Å². The summed E-state index contributed by atoms with van der Waals surface area (Å²) in [6, 6.07) is 12.4. The van der Waals surface area contributed by atoms with Gasteiger partial charge in [-0.3, -0.25) is 14.4 Å². The first-order valence-corrected chi connectivity index (χ1v) is 10.7. The lowest BCUT2D eigenvalue weighted by Gasteiger charge is -2.33. The van der Waals surface area contributed by atoms with Crippen molar-refractivity contribution >= 4 is 35.2 Å². The lowest BCUT2D eigenvalue weighted by atomic mass is 10.1. The Labute approximate surface area is 190 Å². The number of benzene rings is 2. The predicted octanol–water partition coefficient (Wildman–Crippen LogP) is 2.77. The van der Waals surface area contributed by atoms with Gasteiger partial charge in [-0.15, -0.1) is 18.3 Å². The van der Waals surface area contributed by atoms with Crippen LogP contribution in [0.2, 0.25) is 0 Å². The molecule has 2 aromatic rings. The van der Waals surface area contributed by atoms with Crippen molar-refractivity contribution in [1.82, 2.24) is 5.48 Å². The zero-order chi connectivity index (χ0) is 23.1. The van der Waals surface area contributed by atoms with Crippen LogP contribution in [0.15, 0.2) is 60.0 Å². The summed E-state index contributed by atoms with van der Waals surface area (Å²) in [5, 5.41) is -0.481. The topological polar surface area (TPSA) is 94.2 Å². The molecule has 32 heavy (non-hydrogen) atoms. The maximum Gasteiger partial charge on any atom is 0.337 e. The SMILES string of the molecule is C=CCONC(=O)CN1C(=O)C(Cc2ccc(OC)cc2)Sc2cc(C(=O)OC)ccc21. The Kier molecular flexibility index (Phi) is 7.91. The highest BCUT2D eigenvalue weighted by atomic mass is 32.2. The van der Waals surface area contributed by atoms with Gasteiger partial charge in [0.05, 0.1) is 37.3 Å². The number of carbonyl (C=O) groups is 3. The Balaban J connectivity index is 1.88. The number of carbonyl (C=O) groups excluding carboxylic acids is 3. The number of amides is 2. The van der Waals surface area contributed by atoms with Crippen LogP contribution in [0, 0.1) is 0 Å². The Hall–Kier alpha value is -3.30. The number of rotatable bonds is 9. The highest BCUT2D eigenvalue weighted by Gasteiger charge is 2.35. The Morgan fingerprint density at radius 2 is 1.94 bits per heavy atom. The van der Waals surface area contributed by atoms with Crippen LogP contribution in [0.1, 0.15) is 15.9 Å². The summed E-state index contributed by atoms with van der Waals surface area (Å²) in [5.41, 5.74) is 4.17. The second kappa shape index (κ2) is 10.8. The molecular weight excluding hydrogens is 432 g/mol. The maximum absolute atomic E-state index is 13.3. The molecule has 1 atom stereocenters. The second-order valence-corrected chi connectivity index (χ2v) is 8.13. The van der Waals surface area contributed by atoms with Crippen LogP contribution in [-0.4, -0.2) is 50.4 Å². The molecule has 1 heterocycles. The summed E-state index contributed by atoms with van der Waals surface area (Å²) in [7, 11) is 2.90. The van der Waals surface area contributed by atoms with Crippen LogP contribution in [0.5, 0.6) is 5.75 Å². The summed E-state index contributed by atoms with van der Waals surface area (Å²) >= 11 is 1.36. The van der Waals surface area contributed by atoms with Gasteiger partial charge >= 0.3 is 5.97 Å². The summed E-state index contributed by atoms with van der Waals surface area (Å²) in [6.45, 7) is 3.44. The van der Waals surface area contributed by atoms with Gasteiger partial charge < -0.3 is 14.4 Å². The smallest absolute Gasteiger partial charge is 0.337 e. The first kappa shape index (κ1) is 23.4. The first-order chi connectivity index (χ1) is 15.5. The minimum atomic E-state index is -0.481. The highest BCUT2D eigenvalue weighted by molar-refractivity contribution is 8.01. The van der Waals surface area contributed by atoms with Crippen LogP contribution in [-0.2, 0) is 25.6 Å². The molecule has 0 spiro atoms. The van der Waals surface area contributed by atoms with Crippen molar-refractivity contribution < 1.29 is 28.7 Å². The highest BCUT2D eigenvalue weighted by Crippen LogP contribution is 2.41. The number of hydrogen-bond donors (Lipinski definition) is 1. The van der Waals surface area contributed by atoms with E-state index in [9.17, 15) is 14.4 Å². The zero-order valence-corrected chi connectivity index (χ0v) is 18.6. The number of fused-ring (bicyclic) bond motifs is 1. The Bertz CT molecular complexity index is 1010. The number of thioether (sulfide) groups is 1. The van der Waals surface area contributed by atoms with Gasteiger partial charge in [-0.1, -0.05) is 18.2 Å². The molecule has 0 saturated carbocycles. The van der Waals surface area contributed by atoms with E-state index >= 15 is 0 Å². The summed E-state index contributed by atoms with van der Waals surface area (Å²) in [5.74, 6) is -0.428. The number of hydrogen-bond acceptors (Lipinski definition) is 7. The molecule has 2 amide bonds. The predicted molar refractivity (Wildman–Crippen MR) is 121 cm³/mol. The first-order valence-electron chi connectivity index (χ1n) is 9.81. The number of ether oxygens (including phenoxy) is 2. The van der Waals surface area contributed by atoms with E-state index in [0.29, 0.717) is 22.6 Å². The third kappa shape index (κ3) is 5.49. The molecule has 168 valence electrons. The van der Waals surface area contributed by atoms with Crippen molar-refractivity contribution in [2.24, 2.45) is 0 Å². The van der Waals surface area contributed by atoms with Gasteiger partial charge in [0.15, 0.2) is 0 Å². The number of nitrogens with one attached hydrogen (secondary N) is 1. The van der Waals surface area contributed by atoms with Crippen molar-refractivity contribution in [2.75, 3.05) is 32.3 Å². The summed E-state index contributed by atoms with van der Waals surface area (Å²) < 4.78 is 10.00. The molecule has 1 N–H and O–H groups in total. The normalized spacial score (nSPS) is 15.0. The molecule has 1 aliphatic heterocycles. The minimum Gasteiger partial charge on any atom is -0.497 e. The van der Waals surface area contributed by atoms with Gasteiger partial charge in [-0.25, -0.2) is 10.3 Å². The maximum atomic E-state index is 13.3. The number of anilines is 1. The van der Waals surface area contributed by atoms with Crippen LogP contribution >= 0.6 is 11.8 Å². The molecule has 0 radical (unpaired) electrons. The molecule has 0 bridgehead atoms. The molecule has 1 unspecified atom stereocenters. The number of hydroxylamine groups is 1. The largest absolute Gasteiger partial charge is 0.497 e. The number of nitrogens with zero attached hydrogens (tertiary/aromatic N) is 1. The minimum absolute atomic E-state index is 0.148. The van der Waals surface area contributed by atoms with Gasteiger partial charge in [0.25, 0.3) is 5.91 Å². The van der Waals surface area contributed by atoms with Crippen LogP contribution in [0.25, 0.3) is 0 Å². The monoisotopic (exact) mass is 456 g/mol. The quantitative estimate of drug-likeness (QED) is 0.268. The molecule has 0 aliphatic carbocycles. The van der Waals surface area contributed by atoms with E-state index in [2.05, 4.69) is 12.1 Å². The van der Waals surface area contributed by atoms with Crippen molar-refractivity contribution in [1.29, 1.82) is 0 Å². The second-order valence-electron chi connectivity index (χ2n) is 6.88. The molecular formula is C23H24N2O6S. The van der Waals surface area contributed by atoms with Gasteiger partial charge in [-0.05, 0) is 42.3 Å². The number of esters is 1. The number of methoxy groups -OCH3 is 2. The van der Waals surface area contributed by atoms with E-state index in [1.165, 1.54) is 29.8 Å². The molecule has 2 aromatic carbocycles. The van der Waals surface area contributed by atoms with E-state index in [-0.39, 0.29) is 19.1 Å². The van der Waals surface area contributed by atoms with Crippen LogP contribution in [0.3, 0.4) is 0 Å². The molecule has 0 aromatic heterocycles. The lowest BCUT2D eigenvalue weighted by molar-refractivity contribution is -0.132. The summed E-state index contributed by atoms with van der Waals surface area (Å²) in [6.07, 6.45) is 1.94. The van der Waals surface area contributed by atoms with Crippen LogP contribution in [0.4, 0.5) is 5.69 Å². The van der Waals surface area contributed by atoms with E-state index < -0.39 is 17.1 Å². The van der Waals surface area contributed by atoms with Gasteiger partial charge in [0.1, 0.15) is 12.3 Å². The van der Waals surface area contributed by atoms with Crippen molar-refractivity contribution in [3.8, 4) is 5.75 Å². The van der Waals surface area contributed by atoms with Gasteiger partial charge in [0, 0.05) is 4.90 Å². The van der Waals surface area contributed by atoms with E-state index in [1.54, 1.807) is 25.3 Å². The standard InChI is InChI=1S/C23H24N2O6S/c1-4-11-31-24-21(26)14-25-18-10-7-16(23(28)30-3)13-19(18)32-20(22(25)27)12-15-5-8-17(29-2)9-6-15/h4-10,13,20H,1,11-12,14H2,2-3H3,(H,24,26). The molecule has 3 rings (SSSR count).